The Morgan fingerprint density at radius 1 is 1.20 bits per heavy atom. The van der Waals surface area contributed by atoms with Gasteiger partial charge < -0.3 is 5.73 Å². The molecule has 2 aromatic rings. The normalized spacial score (nSPS) is 10.9. The second-order valence-corrected chi connectivity index (χ2v) is 2.88. The Bertz CT molecular complexity index is 452. The average Bonchev–Trinajstić information content (AvgIpc) is 2.62. The fourth-order valence-electron chi connectivity index (χ4n) is 1.26. The highest BCUT2D eigenvalue weighted by Gasteiger charge is 2.16. The summed E-state index contributed by atoms with van der Waals surface area (Å²) in [5.41, 5.74) is 5.84. The summed E-state index contributed by atoms with van der Waals surface area (Å²) in [7, 11) is 0. The molecule has 0 radical (unpaired) electrons. The van der Waals surface area contributed by atoms with E-state index in [1.165, 1.54) is 0 Å². The zero-order valence-corrected chi connectivity index (χ0v) is 7.64. The quantitative estimate of drug-likeness (QED) is 0.823. The Balaban J connectivity index is 2.53. The van der Waals surface area contributed by atoms with Crippen LogP contribution in [0.15, 0.2) is 30.3 Å². The first-order chi connectivity index (χ1) is 7.18. The van der Waals surface area contributed by atoms with Gasteiger partial charge in [-0.15, -0.1) is 5.10 Å². The molecule has 1 aromatic carbocycles. The third-order valence-corrected chi connectivity index (χ3v) is 1.86. The van der Waals surface area contributed by atoms with Crippen molar-refractivity contribution in [3.8, 4) is 11.4 Å². The van der Waals surface area contributed by atoms with E-state index in [0.29, 0.717) is 10.2 Å². The fraction of sp³-hybridized carbons (Fsp3) is 0.111. The van der Waals surface area contributed by atoms with Crippen LogP contribution in [0.1, 0.15) is 6.55 Å². The molecule has 0 bridgehead atoms. The number of alkyl halides is 2. The molecular formula is C9H8F2N4. The van der Waals surface area contributed by atoms with E-state index in [4.69, 9.17) is 5.73 Å². The molecule has 0 aliphatic rings. The van der Waals surface area contributed by atoms with Crippen molar-refractivity contribution in [1.82, 2.24) is 14.8 Å². The van der Waals surface area contributed by atoms with Crippen molar-refractivity contribution in [3.05, 3.63) is 30.3 Å². The van der Waals surface area contributed by atoms with Crippen LogP contribution in [0.4, 0.5) is 14.7 Å². The lowest BCUT2D eigenvalue weighted by molar-refractivity contribution is 0.0585. The molecule has 0 atom stereocenters. The number of benzene rings is 1. The van der Waals surface area contributed by atoms with E-state index in [9.17, 15) is 8.78 Å². The summed E-state index contributed by atoms with van der Waals surface area (Å²) in [6.07, 6.45) is 0. The van der Waals surface area contributed by atoms with Crippen molar-refractivity contribution in [1.29, 1.82) is 0 Å². The van der Waals surface area contributed by atoms with Crippen LogP contribution >= 0.6 is 0 Å². The van der Waals surface area contributed by atoms with Gasteiger partial charge in [0.2, 0.25) is 5.95 Å². The minimum absolute atomic E-state index is 0.0723. The van der Waals surface area contributed by atoms with Crippen molar-refractivity contribution in [2.75, 3.05) is 5.73 Å². The highest BCUT2D eigenvalue weighted by atomic mass is 19.3. The van der Waals surface area contributed by atoms with E-state index < -0.39 is 6.55 Å². The minimum Gasteiger partial charge on any atom is -0.366 e. The lowest BCUT2D eigenvalue weighted by Gasteiger charge is -2.02. The summed E-state index contributed by atoms with van der Waals surface area (Å²) in [4.78, 5) is 3.75. The topological polar surface area (TPSA) is 56.7 Å². The van der Waals surface area contributed by atoms with Crippen molar-refractivity contribution >= 4 is 5.95 Å². The van der Waals surface area contributed by atoms with Gasteiger partial charge in [-0.25, -0.2) is 0 Å². The maximum absolute atomic E-state index is 12.5. The van der Waals surface area contributed by atoms with Gasteiger partial charge in [-0.3, -0.25) is 0 Å². The molecule has 0 saturated heterocycles. The third kappa shape index (κ3) is 1.78. The van der Waals surface area contributed by atoms with Crippen LogP contribution < -0.4 is 5.73 Å². The standard InChI is InChI=1S/C9H8F2N4/c10-8(11)15-7(13-9(12)14-15)6-4-2-1-3-5-6/h1-5,8H,(H2,12,14). The number of hydrogen-bond donors (Lipinski definition) is 1. The minimum atomic E-state index is -2.75. The van der Waals surface area contributed by atoms with Gasteiger partial charge in [0.15, 0.2) is 5.82 Å². The number of halogens is 2. The average molecular weight is 210 g/mol. The molecule has 0 aliphatic carbocycles. The first kappa shape index (κ1) is 9.57. The number of rotatable bonds is 2. The van der Waals surface area contributed by atoms with E-state index in [0.717, 1.165) is 0 Å². The zero-order valence-electron chi connectivity index (χ0n) is 7.64. The van der Waals surface area contributed by atoms with Gasteiger partial charge >= 0.3 is 6.55 Å². The molecule has 1 aromatic heterocycles. The molecule has 15 heavy (non-hydrogen) atoms. The molecule has 0 unspecified atom stereocenters. The molecular weight excluding hydrogens is 202 g/mol. The summed E-state index contributed by atoms with van der Waals surface area (Å²) < 4.78 is 25.6. The van der Waals surface area contributed by atoms with E-state index in [-0.39, 0.29) is 11.8 Å². The summed E-state index contributed by atoms with van der Waals surface area (Å²) in [5, 5.41) is 3.42. The fourth-order valence-corrected chi connectivity index (χ4v) is 1.26. The first-order valence-corrected chi connectivity index (χ1v) is 4.24. The Morgan fingerprint density at radius 3 is 2.47 bits per heavy atom. The molecule has 0 amide bonds. The van der Waals surface area contributed by atoms with E-state index in [1.54, 1.807) is 30.3 Å². The maximum atomic E-state index is 12.5. The van der Waals surface area contributed by atoms with E-state index in [2.05, 4.69) is 10.1 Å². The third-order valence-electron chi connectivity index (χ3n) is 1.86. The second kappa shape index (κ2) is 3.64. The summed E-state index contributed by atoms with van der Waals surface area (Å²) in [5.74, 6) is -0.0859. The van der Waals surface area contributed by atoms with Gasteiger partial charge in [0.1, 0.15) is 0 Å². The number of aromatic nitrogens is 3. The monoisotopic (exact) mass is 210 g/mol. The highest BCUT2D eigenvalue weighted by molar-refractivity contribution is 5.56. The van der Waals surface area contributed by atoms with Crippen molar-refractivity contribution in [2.24, 2.45) is 0 Å². The van der Waals surface area contributed by atoms with E-state index >= 15 is 0 Å². The molecule has 0 fully saturated rings. The van der Waals surface area contributed by atoms with Crippen LogP contribution in [0.25, 0.3) is 11.4 Å². The van der Waals surface area contributed by atoms with Gasteiger partial charge in [0, 0.05) is 5.56 Å². The predicted molar refractivity (Wildman–Crippen MR) is 51.1 cm³/mol. The summed E-state index contributed by atoms with van der Waals surface area (Å²) >= 11 is 0. The molecule has 2 N–H and O–H groups in total. The zero-order chi connectivity index (χ0) is 10.8. The van der Waals surface area contributed by atoms with Gasteiger partial charge in [-0.05, 0) is 0 Å². The number of nitrogens with zero attached hydrogens (tertiary/aromatic N) is 3. The number of anilines is 1. The van der Waals surface area contributed by atoms with Gasteiger partial charge in [-0.2, -0.15) is 18.4 Å². The van der Waals surface area contributed by atoms with Crippen LogP contribution in [0.3, 0.4) is 0 Å². The summed E-state index contributed by atoms with van der Waals surface area (Å²) in [6.45, 7) is -2.75. The Morgan fingerprint density at radius 2 is 1.87 bits per heavy atom. The number of nitrogens with two attached hydrogens (primary N) is 1. The Labute approximate surface area is 84.4 Å². The number of hydrogen-bond acceptors (Lipinski definition) is 3. The molecule has 78 valence electrons. The Hall–Kier alpha value is -1.98. The van der Waals surface area contributed by atoms with Crippen LogP contribution in [0.5, 0.6) is 0 Å². The lowest BCUT2D eigenvalue weighted by Crippen LogP contribution is -2.03. The predicted octanol–water partition coefficient (Wildman–Crippen LogP) is 1.92. The maximum Gasteiger partial charge on any atom is 0.335 e. The molecule has 0 saturated carbocycles. The summed E-state index contributed by atoms with van der Waals surface area (Å²) in [6, 6.07) is 8.59. The largest absolute Gasteiger partial charge is 0.366 e. The highest BCUT2D eigenvalue weighted by Crippen LogP contribution is 2.22. The van der Waals surface area contributed by atoms with Crippen LogP contribution in [0, 0.1) is 0 Å². The molecule has 1 heterocycles. The van der Waals surface area contributed by atoms with Crippen molar-refractivity contribution in [3.63, 3.8) is 0 Å². The second-order valence-electron chi connectivity index (χ2n) is 2.88. The molecule has 2 rings (SSSR count). The van der Waals surface area contributed by atoms with E-state index in [1.807, 2.05) is 0 Å². The van der Waals surface area contributed by atoms with Crippen LogP contribution in [-0.2, 0) is 0 Å². The van der Waals surface area contributed by atoms with Gasteiger partial charge in [0.05, 0.1) is 0 Å². The van der Waals surface area contributed by atoms with Gasteiger partial charge in [-0.1, -0.05) is 30.3 Å². The first-order valence-electron chi connectivity index (χ1n) is 4.24. The van der Waals surface area contributed by atoms with Gasteiger partial charge in [0.25, 0.3) is 0 Å². The molecule has 6 heteroatoms. The Kier molecular flexibility index (Phi) is 2.32. The molecule has 0 spiro atoms. The lowest BCUT2D eigenvalue weighted by atomic mass is 10.2. The SMILES string of the molecule is Nc1nc(-c2ccccc2)n(C(F)F)n1. The number of nitrogen functional groups attached to an aromatic ring is 1. The van der Waals surface area contributed by atoms with Crippen LogP contribution in [0.2, 0.25) is 0 Å². The molecule has 4 nitrogen and oxygen atoms in total. The smallest absolute Gasteiger partial charge is 0.335 e. The van der Waals surface area contributed by atoms with Crippen molar-refractivity contribution in [2.45, 2.75) is 6.55 Å². The molecule has 0 aliphatic heterocycles. The van der Waals surface area contributed by atoms with Crippen LogP contribution in [-0.4, -0.2) is 14.8 Å². The van der Waals surface area contributed by atoms with Crippen molar-refractivity contribution < 1.29 is 8.78 Å².